The second kappa shape index (κ2) is 7.97. The zero-order chi connectivity index (χ0) is 15.1. The van der Waals surface area contributed by atoms with E-state index in [1.807, 2.05) is 0 Å². The van der Waals surface area contributed by atoms with Crippen molar-refractivity contribution in [3.05, 3.63) is 29.3 Å². The van der Waals surface area contributed by atoms with Gasteiger partial charge >= 0.3 is 11.8 Å². The Bertz CT molecular complexity index is 487. The number of halogens is 1. The zero-order valence-corrected chi connectivity index (χ0v) is 12.4. The van der Waals surface area contributed by atoms with Crippen molar-refractivity contribution >= 4 is 29.1 Å². The summed E-state index contributed by atoms with van der Waals surface area (Å²) in [5, 5.41) is 5.72. The van der Waals surface area contributed by atoms with Crippen molar-refractivity contribution in [2.75, 3.05) is 44.7 Å². The second-order valence-corrected chi connectivity index (χ2v) is 5.27. The molecule has 6 nitrogen and oxygen atoms in total. The molecule has 1 aliphatic heterocycles. The van der Waals surface area contributed by atoms with Gasteiger partial charge in [-0.3, -0.25) is 9.59 Å². The van der Waals surface area contributed by atoms with Crippen LogP contribution in [-0.4, -0.2) is 51.2 Å². The largest absolute Gasteiger partial charge is 0.370 e. The van der Waals surface area contributed by atoms with Gasteiger partial charge in [0, 0.05) is 10.7 Å². The summed E-state index contributed by atoms with van der Waals surface area (Å²) < 4.78 is 5.26. The van der Waals surface area contributed by atoms with Gasteiger partial charge in [0.05, 0.1) is 26.3 Å². The van der Waals surface area contributed by atoms with Gasteiger partial charge < -0.3 is 20.3 Å². The van der Waals surface area contributed by atoms with E-state index in [0.717, 1.165) is 32.8 Å². The molecule has 2 amide bonds. The van der Waals surface area contributed by atoms with Gasteiger partial charge in [0.1, 0.15) is 13.1 Å². The first-order valence-electron chi connectivity index (χ1n) is 6.91. The van der Waals surface area contributed by atoms with Gasteiger partial charge in [0.15, 0.2) is 0 Å². The maximum absolute atomic E-state index is 11.7. The minimum atomic E-state index is -0.672. The van der Waals surface area contributed by atoms with Gasteiger partial charge in [-0.2, -0.15) is 0 Å². The molecule has 1 aliphatic rings. The molecular formula is C14H19ClN3O3+. The lowest BCUT2D eigenvalue weighted by Gasteiger charge is -2.23. The molecule has 1 saturated heterocycles. The van der Waals surface area contributed by atoms with Crippen LogP contribution >= 0.6 is 11.6 Å². The molecule has 0 aromatic heterocycles. The summed E-state index contributed by atoms with van der Waals surface area (Å²) in [6, 6.07) is 6.59. The Kier molecular flexibility index (Phi) is 5.98. The van der Waals surface area contributed by atoms with Crippen LogP contribution in [0.1, 0.15) is 0 Å². The molecule has 3 N–H and O–H groups in total. The number of quaternary nitrogens is 1. The Balaban J connectivity index is 1.69. The Hall–Kier alpha value is -1.63. The minimum Gasteiger partial charge on any atom is -0.370 e. The van der Waals surface area contributed by atoms with Crippen molar-refractivity contribution in [2.45, 2.75) is 0 Å². The zero-order valence-electron chi connectivity index (χ0n) is 11.7. The Morgan fingerprint density at radius 2 is 1.81 bits per heavy atom. The molecule has 1 aromatic carbocycles. The summed E-state index contributed by atoms with van der Waals surface area (Å²) in [6.07, 6.45) is 0. The van der Waals surface area contributed by atoms with Crippen LogP contribution in [-0.2, 0) is 14.3 Å². The van der Waals surface area contributed by atoms with Gasteiger partial charge in [0.25, 0.3) is 0 Å². The number of amides is 2. The number of carbonyl (C=O) groups is 2. The Labute approximate surface area is 128 Å². The summed E-state index contributed by atoms with van der Waals surface area (Å²) in [5.41, 5.74) is 0.540. The normalized spacial score (nSPS) is 15.5. The summed E-state index contributed by atoms with van der Waals surface area (Å²) in [5.74, 6) is -1.30. The highest BCUT2D eigenvalue weighted by molar-refractivity contribution is 6.39. The van der Waals surface area contributed by atoms with E-state index in [9.17, 15) is 9.59 Å². The van der Waals surface area contributed by atoms with Gasteiger partial charge in [0.2, 0.25) is 0 Å². The number of hydrogen-bond acceptors (Lipinski definition) is 3. The lowest BCUT2D eigenvalue weighted by Crippen LogP contribution is -3.14. The van der Waals surface area contributed by atoms with E-state index < -0.39 is 11.8 Å². The van der Waals surface area contributed by atoms with Crippen LogP contribution in [0, 0.1) is 0 Å². The highest BCUT2D eigenvalue weighted by atomic mass is 35.5. The lowest BCUT2D eigenvalue weighted by molar-refractivity contribution is -0.906. The maximum Gasteiger partial charge on any atom is 0.313 e. The van der Waals surface area contributed by atoms with Crippen LogP contribution < -0.4 is 15.5 Å². The summed E-state index contributed by atoms with van der Waals surface area (Å²) in [4.78, 5) is 24.7. The number of benzene rings is 1. The minimum absolute atomic E-state index is 0.474. The lowest BCUT2D eigenvalue weighted by atomic mass is 10.3. The number of hydrogen-bond donors (Lipinski definition) is 3. The van der Waals surface area contributed by atoms with E-state index in [4.69, 9.17) is 16.3 Å². The van der Waals surface area contributed by atoms with Crippen molar-refractivity contribution < 1.29 is 19.2 Å². The molecule has 2 rings (SSSR count). The van der Waals surface area contributed by atoms with E-state index in [1.165, 1.54) is 4.90 Å². The molecular weight excluding hydrogens is 294 g/mol. The van der Waals surface area contributed by atoms with Crippen molar-refractivity contribution in [1.29, 1.82) is 0 Å². The molecule has 0 unspecified atom stereocenters. The van der Waals surface area contributed by atoms with Crippen LogP contribution in [0.25, 0.3) is 0 Å². The molecule has 114 valence electrons. The average Bonchev–Trinajstić information content (AvgIpc) is 2.50. The number of rotatable bonds is 4. The topological polar surface area (TPSA) is 71.9 Å². The molecule has 21 heavy (non-hydrogen) atoms. The monoisotopic (exact) mass is 312 g/mol. The van der Waals surface area contributed by atoms with E-state index in [-0.39, 0.29) is 0 Å². The molecule has 1 fully saturated rings. The van der Waals surface area contributed by atoms with Crippen LogP contribution in [0.3, 0.4) is 0 Å². The average molecular weight is 313 g/mol. The summed E-state index contributed by atoms with van der Waals surface area (Å²) in [6.45, 7) is 4.64. The smallest absolute Gasteiger partial charge is 0.313 e. The predicted octanol–water partition coefficient (Wildman–Crippen LogP) is -0.690. The first kappa shape index (κ1) is 15.8. The number of anilines is 1. The van der Waals surface area contributed by atoms with Gasteiger partial charge in [-0.25, -0.2) is 0 Å². The van der Waals surface area contributed by atoms with Crippen LogP contribution in [0.2, 0.25) is 5.02 Å². The fourth-order valence-corrected chi connectivity index (χ4v) is 2.19. The fraction of sp³-hybridized carbons (Fsp3) is 0.429. The number of morpholine rings is 1. The molecule has 7 heteroatoms. The van der Waals surface area contributed by atoms with Crippen molar-refractivity contribution in [1.82, 2.24) is 5.32 Å². The number of nitrogens with one attached hydrogen (secondary N) is 3. The first-order valence-corrected chi connectivity index (χ1v) is 7.29. The molecule has 0 saturated carbocycles. The van der Waals surface area contributed by atoms with Crippen molar-refractivity contribution in [3.63, 3.8) is 0 Å². The van der Waals surface area contributed by atoms with Gasteiger partial charge in [-0.1, -0.05) is 11.6 Å². The maximum atomic E-state index is 11.7. The van der Waals surface area contributed by atoms with Crippen LogP contribution in [0.4, 0.5) is 5.69 Å². The molecule has 0 aliphatic carbocycles. The Morgan fingerprint density at radius 3 is 2.48 bits per heavy atom. The molecule has 0 atom stereocenters. The third-order valence-corrected chi connectivity index (χ3v) is 3.52. The quantitative estimate of drug-likeness (QED) is 0.645. The van der Waals surface area contributed by atoms with Gasteiger partial charge in [-0.15, -0.1) is 0 Å². The second-order valence-electron chi connectivity index (χ2n) is 4.83. The van der Waals surface area contributed by atoms with Crippen LogP contribution in [0.15, 0.2) is 24.3 Å². The highest BCUT2D eigenvalue weighted by Crippen LogP contribution is 2.12. The number of carbonyl (C=O) groups excluding carboxylic acids is 2. The molecule has 0 spiro atoms. The third-order valence-electron chi connectivity index (χ3n) is 3.27. The number of ether oxygens (including phenoxy) is 1. The van der Waals surface area contributed by atoms with E-state index in [1.54, 1.807) is 24.3 Å². The first-order chi connectivity index (χ1) is 10.1. The van der Waals surface area contributed by atoms with Crippen LogP contribution in [0.5, 0.6) is 0 Å². The van der Waals surface area contributed by atoms with Gasteiger partial charge in [-0.05, 0) is 24.3 Å². The van der Waals surface area contributed by atoms with Crippen molar-refractivity contribution in [2.24, 2.45) is 0 Å². The molecule has 0 radical (unpaired) electrons. The van der Waals surface area contributed by atoms with Crippen molar-refractivity contribution in [3.8, 4) is 0 Å². The predicted molar refractivity (Wildman–Crippen MR) is 79.5 cm³/mol. The third kappa shape index (κ3) is 5.34. The molecule has 1 aromatic rings. The molecule has 1 heterocycles. The van der Waals surface area contributed by atoms with E-state index in [2.05, 4.69) is 10.6 Å². The highest BCUT2D eigenvalue weighted by Gasteiger charge is 2.16. The standard InChI is InChI=1S/C14H18ClN3O3/c15-11-1-3-12(4-2-11)17-14(20)13(19)16-5-6-18-7-9-21-10-8-18/h1-4H,5-10H2,(H,16,19)(H,17,20)/p+1. The van der Waals surface area contributed by atoms with E-state index >= 15 is 0 Å². The van der Waals surface area contributed by atoms with E-state index in [0.29, 0.717) is 17.3 Å². The summed E-state index contributed by atoms with van der Waals surface area (Å²) in [7, 11) is 0. The Morgan fingerprint density at radius 1 is 1.14 bits per heavy atom. The summed E-state index contributed by atoms with van der Waals surface area (Å²) >= 11 is 5.75. The SMILES string of the molecule is O=C(NCC[NH+]1CCOCC1)C(=O)Nc1ccc(Cl)cc1. The molecule has 0 bridgehead atoms. The fourth-order valence-electron chi connectivity index (χ4n) is 2.06.